The number of nitrogens with zero attached hydrogens (tertiary/aromatic N) is 2. The van der Waals surface area contributed by atoms with Gasteiger partial charge in [-0.05, 0) is 6.42 Å². The standard InChI is InChI=1S/C12H20ClN3O2/c1-8(2)12-15-10(13)6-11(16-12)14-9(7-17)4-5-18-3/h6,8-9,17H,4-5,7H2,1-3H3,(H,14,15,16). The van der Waals surface area contributed by atoms with Crippen LogP contribution in [0.1, 0.15) is 32.0 Å². The molecule has 1 rings (SSSR count). The molecule has 0 fully saturated rings. The topological polar surface area (TPSA) is 67.3 Å². The van der Waals surface area contributed by atoms with Crippen LogP contribution in [0.5, 0.6) is 0 Å². The van der Waals surface area contributed by atoms with Crippen LogP contribution in [0.15, 0.2) is 6.07 Å². The molecule has 0 bridgehead atoms. The third-order valence-electron chi connectivity index (χ3n) is 2.47. The highest BCUT2D eigenvalue weighted by Gasteiger charge is 2.11. The van der Waals surface area contributed by atoms with Crippen molar-refractivity contribution in [3.8, 4) is 0 Å². The molecule has 0 amide bonds. The maximum atomic E-state index is 9.27. The SMILES string of the molecule is COCCC(CO)Nc1cc(Cl)nc(C(C)C)n1. The maximum Gasteiger partial charge on any atom is 0.135 e. The van der Waals surface area contributed by atoms with Crippen LogP contribution in [0.2, 0.25) is 5.15 Å². The summed E-state index contributed by atoms with van der Waals surface area (Å²) in [6.07, 6.45) is 0.700. The van der Waals surface area contributed by atoms with E-state index in [0.717, 1.165) is 0 Å². The van der Waals surface area contributed by atoms with E-state index >= 15 is 0 Å². The molecule has 0 aliphatic heterocycles. The number of aromatic nitrogens is 2. The number of hydrogen-bond acceptors (Lipinski definition) is 5. The lowest BCUT2D eigenvalue weighted by molar-refractivity contribution is 0.174. The molecule has 102 valence electrons. The van der Waals surface area contributed by atoms with Gasteiger partial charge >= 0.3 is 0 Å². The van der Waals surface area contributed by atoms with Gasteiger partial charge < -0.3 is 15.2 Å². The van der Waals surface area contributed by atoms with Crippen molar-refractivity contribution in [1.82, 2.24) is 9.97 Å². The Morgan fingerprint density at radius 3 is 2.72 bits per heavy atom. The zero-order chi connectivity index (χ0) is 13.5. The summed E-state index contributed by atoms with van der Waals surface area (Å²) < 4.78 is 4.99. The Kier molecular flexibility index (Phi) is 6.32. The molecule has 1 aromatic heterocycles. The van der Waals surface area contributed by atoms with Gasteiger partial charge in [0.25, 0.3) is 0 Å². The van der Waals surface area contributed by atoms with E-state index in [1.165, 1.54) is 0 Å². The highest BCUT2D eigenvalue weighted by atomic mass is 35.5. The van der Waals surface area contributed by atoms with Gasteiger partial charge in [0.2, 0.25) is 0 Å². The molecular weight excluding hydrogens is 254 g/mol. The van der Waals surface area contributed by atoms with Crippen LogP contribution < -0.4 is 5.32 Å². The van der Waals surface area contributed by atoms with Crippen LogP contribution in [0.3, 0.4) is 0 Å². The third-order valence-corrected chi connectivity index (χ3v) is 2.67. The van der Waals surface area contributed by atoms with Crippen molar-refractivity contribution in [3.05, 3.63) is 17.0 Å². The van der Waals surface area contributed by atoms with Crippen molar-refractivity contribution in [1.29, 1.82) is 0 Å². The van der Waals surface area contributed by atoms with Gasteiger partial charge in [-0.2, -0.15) is 0 Å². The molecule has 0 spiro atoms. The first-order valence-corrected chi connectivity index (χ1v) is 6.35. The molecule has 2 N–H and O–H groups in total. The molecule has 5 nitrogen and oxygen atoms in total. The first kappa shape index (κ1) is 15.1. The Morgan fingerprint density at radius 1 is 1.44 bits per heavy atom. The highest BCUT2D eigenvalue weighted by molar-refractivity contribution is 6.29. The normalized spacial score (nSPS) is 12.8. The first-order valence-electron chi connectivity index (χ1n) is 5.97. The predicted molar refractivity (Wildman–Crippen MR) is 72.1 cm³/mol. The average Bonchev–Trinajstić information content (AvgIpc) is 2.33. The van der Waals surface area contributed by atoms with Crippen LogP contribution in [0.25, 0.3) is 0 Å². The first-order chi connectivity index (χ1) is 8.56. The fourth-order valence-electron chi connectivity index (χ4n) is 1.45. The molecule has 0 aliphatic rings. The van der Waals surface area contributed by atoms with Crippen LogP contribution in [-0.2, 0) is 4.74 Å². The minimum absolute atomic E-state index is 0.0159. The quantitative estimate of drug-likeness (QED) is 0.745. The van der Waals surface area contributed by atoms with Crippen molar-refractivity contribution in [2.75, 3.05) is 25.6 Å². The molecular formula is C12H20ClN3O2. The molecule has 0 saturated carbocycles. The van der Waals surface area contributed by atoms with Gasteiger partial charge in [0.05, 0.1) is 12.6 Å². The van der Waals surface area contributed by atoms with Gasteiger partial charge in [0.1, 0.15) is 16.8 Å². The Labute approximate surface area is 113 Å². The van der Waals surface area contributed by atoms with E-state index in [2.05, 4.69) is 15.3 Å². The largest absolute Gasteiger partial charge is 0.394 e. The van der Waals surface area contributed by atoms with Gasteiger partial charge in [0.15, 0.2) is 0 Å². The molecule has 1 heterocycles. The van der Waals surface area contributed by atoms with Crippen LogP contribution in [0.4, 0.5) is 5.82 Å². The van der Waals surface area contributed by atoms with Gasteiger partial charge in [-0.1, -0.05) is 25.4 Å². The van der Waals surface area contributed by atoms with Crippen molar-refractivity contribution in [2.24, 2.45) is 0 Å². The van der Waals surface area contributed by atoms with E-state index in [4.69, 9.17) is 16.3 Å². The van der Waals surface area contributed by atoms with Crippen LogP contribution in [0, 0.1) is 0 Å². The molecule has 1 unspecified atom stereocenters. The summed E-state index contributed by atoms with van der Waals surface area (Å²) in [4.78, 5) is 8.53. The second-order valence-electron chi connectivity index (χ2n) is 4.39. The number of ether oxygens (including phenoxy) is 1. The highest BCUT2D eigenvalue weighted by Crippen LogP contribution is 2.17. The fraction of sp³-hybridized carbons (Fsp3) is 0.667. The molecule has 0 aliphatic carbocycles. The molecule has 6 heteroatoms. The molecule has 0 aromatic carbocycles. The summed E-state index contributed by atoms with van der Waals surface area (Å²) in [5.41, 5.74) is 0. The van der Waals surface area contributed by atoms with E-state index in [1.54, 1.807) is 13.2 Å². The fourth-order valence-corrected chi connectivity index (χ4v) is 1.64. The zero-order valence-electron chi connectivity index (χ0n) is 11.0. The minimum Gasteiger partial charge on any atom is -0.394 e. The Balaban J connectivity index is 2.75. The average molecular weight is 274 g/mol. The lowest BCUT2D eigenvalue weighted by atomic mass is 10.2. The van der Waals surface area contributed by atoms with E-state index in [9.17, 15) is 5.11 Å². The van der Waals surface area contributed by atoms with Gasteiger partial charge in [-0.3, -0.25) is 0 Å². The second kappa shape index (κ2) is 7.51. The van der Waals surface area contributed by atoms with Gasteiger partial charge in [-0.15, -0.1) is 0 Å². The van der Waals surface area contributed by atoms with Crippen molar-refractivity contribution < 1.29 is 9.84 Å². The van der Waals surface area contributed by atoms with Gasteiger partial charge in [0, 0.05) is 25.7 Å². The van der Waals surface area contributed by atoms with Crippen LogP contribution >= 0.6 is 11.6 Å². The number of anilines is 1. The Hall–Kier alpha value is -0.910. The van der Waals surface area contributed by atoms with Crippen molar-refractivity contribution >= 4 is 17.4 Å². The number of methoxy groups -OCH3 is 1. The number of nitrogens with one attached hydrogen (secondary N) is 1. The van der Waals surface area contributed by atoms with E-state index in [1.807, 2.05) is 13.8 Å². The van der Waals surface area contributed by atoms with E-state index in [0.29, 0.717) is 29.8 Å². The van der Waals surface area contributed by atoms with Crippen molar-refractivity contribution in [3.63, 3.8) is 0 Å². The smallest absolute Gasteiger partial charge is 0.135 e. The van der Waals surface area contributed by atoms with Gasteiger partial charge in [-0.25, -0.2) is 9.97 Å². The summed E-state index contributed by atoms with van der Waals surface area (Å²) >= 11 is 5.95. The minimum atomic E-state index is -0.101. The Morgan fingerprint density at radius 2 is 2.17 bits per heavy atom. The summed E-state index contributed by atoms with van der Waals surface area (Å²) in [6.45, 7) is 4.60. The Bertz CT molecular complexity index is 374. The summed E-state index contributed by atoms with van der Waals surface area (Å²) in [7, 11) is 1.63. The number of aliphatic hydroxyl groups is 1. The lowest BCUT2D eigenvalue weighted by Crippen LogP contribution is -2.26. The number of hydrogen-bond donors (Lipinski definition) is 2. The summed E-state index contributed by atoms with van der Waals surface area (Å²) in [5, 5.41) is 12.8. The van der Waals surface area contributed by atoms with E-state index in [-0.39, 0.29) is 18.6 Å². The van der Waals surface area contributed by atoms with E-state index < -0.39 is 0 Å². The number of halogens is 1. The number of aliphatic hydroxyl groups excluding tert-OH is 1. The van der Waals surface area contributed by atoms with Crippen molar-refractivity contribution in [2.45, 2.75) is 32.2 Å². The zero-order valence-corrected chi connectivity index (χ0v) is 11.7. The molecule has 1 atom stereocenters. The monoisotopic (exact) mass is 273 g/mol. The molecule has 18 heavy (non-hydrogen) atoms. The maximum absolute atomic E-state index is 9.27. The third kappa shape index (κ3) is 4.76. The number of rotatable bonds is 7. The summed E-state index contributed by atoms with van der Waals surface area (Å²) in [5.74, 6) is 1.53. The second-order valence-corrected chi connectivity index (χ2v) is 4.78. The summed E-state index contributed by atoms with van der Waals surface area (Å²) in [6, 6.07) is 1.55. The lowest BCUT2D eigenvalue weighted by Gasteiger charge is -2.17. The van der Waals surface area contributed by atoms with Crippen LogP contribution in [-0.4, -0.2) is 41.4 Å². The molecule has 0 radical (unpaired) electrons. The molecule has 0 saturated heterocycles. The predicted octanol–water partition coefficient (Wildman–Crippen LogP) is 2.06. The molecule has 1 aromatic rings.